The fourth-order valence-electron chi connectivity index (χ4n) is 0.789. The van der Waals surface area contributed by atoms with Crippen LogP contribution in [0.1, 0.15) is 10.4 Å². The van der Waals surface area contributed by atoms with Crippen molar-refractivity contribution in [2.45, 2.75) is 0 Å². The summed E-state index contributed by atoms with van der Waals surface area (Å²) in [5.41, 5.74) is 2.33. The van der Waals surface area contributed by atoms with Gasteiger partial charge in [-0.05, 0) is 18.2 Å². The average Bonchev–Trinajstić information content (AvgIpc) is 2.10. The Morgan fingerprint density at radius 3 is 2.85 bits per heavy atom. The topological polar surface area (TPSA) is 38.3 Å². The van der Waals surface area contributed by atoms with Gasteiger partial charge in [0.05, 0.1) is 12.1 Å². The van der Waals surface area contributed by atoms with Crippen LogP contribution in [0.15, 0.2) is 18.2 Å². The molecule has 1 aromatic rings. The molecule has 5 heteroatoms. The molecule has 0 spiro atoms. The van der Waals surface area contributed by atoms with Gasteiger partial charge in [0, 0.05) is 5.56 Å². The van der Waals surface area contributed by atoms with Crippen molar-refractivity contribution in [1.82, 2.24) is 5.48 Å². The largest absolute Gasteiger partial charge is 0.277 e. The van der Waals surface area contributed by atoms with Crippen LogP contribution in [0, 0.1) is 5.82 Å². The summed E-state index contributed by atoms with van der Waals surface area (Å²) in [4.78, 5) is 15.5. The van der Waals surface area contributed by atoms with Gasteiger partial charge in [0.25, 0.3) is 5.91 Å². The van der Waals surface area contributed by atoms with Crippen LogP contribution < -0.4 is 5.48 Å². The van der Waals surface area contributed by atoms with Gasteiger partial charge in [0.2, 0.25) is 0 Å². The van der Waals surface area contributed by atoms with E-state index in [0.717, 1.165) is 6.07 Å². The number of hydroxylamine groups is 1. The van der Waals surface area contributed by atoms with Crippen molar-refractivity contribution in [2.75, 3.05) is 7.11 Å². The molecule has 0 bridgehead atoms. The van der Waals surface area contributed by atoms with Crippen molar-refractivity contribution in [2.24, 2.45) is 0 Å². The molecule has 13 heavy (non-hydrogen) atoms. The summed E-state index contributed by atoms with van der Waals surface area (Å²) in [6, 6.07) is 3.66. The van der Waals surface area contributed by atoms with E-state index in [-0.39, 0.29) is 10.6 Å². The molecule has 70 valence electrons. The number of benzene rings is 1. The van der Waals surface area contributed by atoms with E-state index in [1.54, 1.807) is 0 Å². The molecule has 0 atom stereocenters. The van der Waals surface area contributed by atoms with Gasteiger partial charge < -0.3 is 0 Å². The normalized spacial score (nSPS) is 9.77. The predicted molar refractivity (Wildman–Crippen MR) is 45.9 cm³/mol. The molecule has 1 rings (SSSR count). The Balaban J connectivity index is 2.90. The van der Waals surface area contributed by atoms with Gasteiger partial charge >= 0.3 is 0 Å². The van der Waals surface area contributed by atoms with E-state index in [1.165, 1.54) is 19.2 Å². The van der Waals surface area contributed by atoms with Crippen LogP contribution in [0.5, 0.6) is 0 Å². The molecule has 0 fully saturated rings. The molecule has 3 nitrogen and oxygen atoms in total. The summed E-state index contributed by atoms with van der Waals surface area (Å²) in [5.74, 6) is -1.03. The van der Waals surface area contributed by atoms with Crippen molar-refractivity contribution in [3.05, 3.63) is 34.6 Å². The lowest BCUT2D eigenvalue weighted by molar-refractivity contribution is 0.0537. The fourth-order valence-corrected chi connectivity index (χ4v) is 0.970. The van der Waals surface area contributed by atoms with Gasteiger partial charge in [-0.2, -0.15) is 0 Å². The number of hydrogen-bond acceptors (Lipinski definition) is 2. The minimum atomic E-state index is -0.560. The maximum Gasteiger partial charge on any atom is 0.274 e. The maximum absolute atomic E-state index is 12.7. The summed E-state index contributed by atoms with van der Waals surface area (Å²) in [5, 5.41) is -0.0937. The quantitative estimate of drug-likeness (QED) is 0.744. The molecule has 1 amide bonds. The standard InChI is InChI=1S/C8H7ClFNO2/c1-13-11-8(12)5-2-3-7(10)6(9)4-5/h2-4H,1H3,(H,11,12). The van der Waals surface area contributed by atoms with E-state index in [2.05, 4.69) is 10.3 Å². The summed E-state index contributed by atoms with van der Waals surface area (Å²) in [6.07, 6.45) is 0. The zero-order valence-electron chi connectivity index (χ0n) is 6.80. The van der Waals surface area contributed by atoms with Crippen LogP contribution in [-0.2, 0) is 4.84 Å². The Morgan fingerprint density at radius 2 is 2.31 bits per heavy atom. The van der Waals surface area contributed by atoms with Crippen LogP contribution >= 0.6 is 11.6 Å². The van der Waals surface area contributed by atoms with Gasteiger partial charge in [-0.25, -0.2) is 9.87 Å². The van der Waals surface area contributed by atoms with Crippen LogP contribution in [0.2, 0.25) is 5.02 Å². The minimum Gasteiger partial charge on any atom is -0.277 e. The molecule has 1 aromatic carbocycles. The zero-order chi connectivity index (χ0) is 9.84. The summed E-state index contributed by atoms with van der Waals surface area (Å²) in [7, 11) is 1.31. The van der Waals surface area contributed by atoms with Crippen molar-refractivity contribution >= 4 is 17.5 Å². The number of amides is 1. The summed E-state index contributed by atoms with van der Waals surface area (Å²) < 4.78 is 12.7. The Morgan fingerprint density at radius 1 is 1.62 bits per heavy atom. The highest BCUT2D eigenvalue weighted by molar-refractivity contribution is 6.31. The lowest BCUT2D eigenvalue weighted by Crippen LogP contribution is -2.21. The van der Waals surface area contributed by atoms with E-state index in [1.807, 2.05) is 0 Å². The van der Waals surface area contributed by atoms with Crippen molar-refractivity contribution in [3.63, 3.8) is 0 Å². The lowest BCUT2D eigenvalue weighted by Gasteiger charge is -2.02. The van der Waals surface area contributed by atoms with Crippen molar-refractivity contribution in [1.29, 1.82) is 0 Å². The van der Waals surface area contributed by atoms with Crippen LogP contribution in [0.25, 0.3) is 0 Å². The number of rotatable bonds is 2. The average molecular weight is 204 g/mol. The Bertz CT molecular complexity index is 330. The molecule has 0 aromatic heterocycles. The first-order valence-electron chi connectivity index (χ1n) is 3.43. The summed E-state index contributed by atoms with van der Waals surface area (Å²) in [6.45, 7) is 0. The second kappa shape index (κ2) is 4.20. The molecule has 0 radical (unpaired) electrons. The van der Waals surface area contributed by atoms with Gasteiger partial charge in [-0.3, -0.25) is 9.63 Å². The molecule has 1 N–H and O–H groups in total. The zero-order valence-corrected chi connectivity index (χ0v) is 7.56. The molecule has 0 saturated heterocycles. The molecular formula is C8H7ClFNO2. The van der Waals surface area contributed by atoms with Crippen LogP contribution in [0.4, 0.5) is 4.39 Å². The molecule has 0 aliphatic carbocycles. The van der Waals surface area contributed by atoms with Crippen LogP contribution in [-0.4, -0.2) is 13.0 Å². The Labute approximate surface area is 79.4 Å². The van der Waals surface area contributed by atoms with E-state index in [9.17, 15) is 9.18 Å². The SMILES string of the molecule is CONC(=O)c1ccc(F)c(Cl)c1. The first-order chi connectivity index (χ1) is 6.15. The van der Waals surface area contributed by atoms with Crippen LogP contribution in [0.3, 0.4) is 0 Å². The molecular weight excluding hydrogens is 197 g/mol. The first kappa shape index (κ1) is 9.95. The number of nitrogens with one attached hydrogen (secondary N) is 1. The Kier molecular flexibility index (Phi) is 3.22. The second-order valence-electron chi connectivity index (χ2n) is 2.26. The number of carbonyl (C=O) groups excluding carboxylic acids is 1. The lowest BCUT2D eigenvalue weighted by atomic mass is 10.2. The molecule has 0 heterocycles. The Hall–Kier alpha value is -1.13. The van der Waals surface area contributed by atoms with Gasteiger partial charge in [-0.15, -0.1) is 0 Å². The highest BCUT2D eigenvalue weighted by Gasteiger charge is 2.07. The smallest absolute Gasteiger partial charge is 0.274 e. The molecule has 0 aliphatic rings. The predicted octanol–water partition coefficient (Wildman–Crippen LogP) is 1.77. The number of halogens is 2. The fraction of sp³-hybridized carbons (Fsp3) is 0.125. The third kappa shape index (κ3) is 2.40. The first-order valence-corrected chi connectivity index (χ1v) is 3.81. The van der Waals surface area contributed by atoms with E-state index >= 15 is 0 Å². The monoisotopic (exact) mass is 203 g/mol. The van der Waals surface area contributed by atoms with Gasteiger partial charge in [-0.1, -0.05) is 11.6 Å². The number of hydrogen-bond donors (Lipinski definition) is 1. The van der Waals surface area contributed by atoms with E-state index < -0.39 is 11.7 Å². The molecule has 0 unspecified atom stereocenters. The second-order valence-corrected chi connectivity index (χ2v) is 2.67. The maximum atomic E-state index is 12.7. The van der Waals surface area contributed by atoms with Crippen molar-refractivity contribution < 1.29 is 14.0 Å². The summed E-state index contributed by atoms with van der Waals surface area (Å²) >= 11 is 5.46. The van der Waals surface area contributed by atoms with Crippen molar-refractivity contribution in [3.8, 4) is 0 Å². The van der Waals surface area contributed by atoms with E-state index in [4.69, 9.17) is 11.6 Å². The molecule has 0 saturated carbocycles. The van der Waals surface area contributed by atoms with Gasteiger partial charge in [0.15, 0.2) is 0 Å². The van der Waals surface area contributed by atoms with E-state index in [0.29, 0.717) is 0 Å². The minimum absolute atomic E-state index is 0.0937. The number of carbonyl (C=O) groups is 1. The molecule has 0 aliphatic heterocycles. The third-order valence-corrected chi connectivity index (χ3v) is 1.67. The highest BCUT2D eigenvalue weighted by atomic mass is 35.5. The third-order valence-electron chi connectivity index (χ3n) is 1.38. The van der Waals surface area contributed by atoms with Gasteiger partial charge in [0.1, 0.15) is 5.82 Å². The highest BCUT2D eigenvalue weighted by Crippen LogP contribution is 2.15.